The van der Waals surface area contributed by atoms with E-state index in [-0.39, 0.29) is 11.7 Å². The van der Waals surface area contributed by atoms with Crippen LogP contribution in [0.1, 0.15) is 6.92 Å². The number of ether oxygens (including phenoxy) is 1. The second-order valence-corrected chi connectivity index (χ2v) is 8.49. The van der Waals surface area contributed by atoms with Crippen LogP contribution in [0, 0.1) is 0 Å². The van der Waals surface area contributed by atoms with Gasteiger partial charge in [-0.3, -0.25) is 4.79 Å². The van der Waals surface area contributed by atoms with Crippen molar-refractivity contribution >= 4 is 44.4 Å². The van der Waals surface area contributed by atoms with Gasteiger partial charge in [-0.15, -0.1) is 18.3 Å². The summed E-state index contributed by atoms with van der Waals surface area (Å²) in [6.07, 6.45) is -4.77. The highest BCUT2D eigenvalue weighted by Gasteiger charge is 2.31. The summed E-state index contributed by atoms with van der Waals surface area (Å²) in [6, 6.07) is 12.6. The maximum absolute atomic E-state index is 12.6. The predicted molar refractivity (Wildman–Crippen MR) is 109 cm³/mol. The number of carbonyl (C=O) groups is 1. The van der Waals surface area contributed by atoms with E-state index in [4.69, 9.17) is 0 Å². The maximum Gasteiger partial charge on any atom is 0.573 e. The van der Waals surface area contributed by atoms with Gasteiger partial charge in [0, 0.05) is 0 Å². The number of thiazole rings is 1. The Bertz CT molecular complexity index is 1180. The molecule has 0 saturated carbocycles. The van der Waals surface area contributed by atoms with Crippen LogP contribution in [-0.4, -0.2) is 42.7 Å². The first-order valence-electron chi connectivity index (χ1n) is 8.76. The van der Waals surface area contributed by atoms with E-state index in [2.05, 4.69) is 30.6 Å². The van der Waals surface area contributed by atoms with Crippen molar-refractivity contribution < 1.29 is 22.7 Å². The van der Waals surface area contributed by atoms with E-state index in [1.165, 1.54) is 28.2 Å². The predicted octanol–water partition coefficient (Wildman–Crippen LogP) is 4.29. The first kappa shape index (κ1) is 21.1. The summed E-state index contributed by atoms with van der Waals surface area (Å²) in [5.74, 6) is -0.644. The van der Waals surface area contributed by atoms with Gasteiger partial charge in [-0.25, -0.2) is 4.98 Å². The summed E-state index contributed by atoms with van der Waals surface area (Å²) < 4.78 is 43.1. The number of amides is 1. The van der Waals surface area contributed by atoms with Crippen LogP contribution in [0.25, 0.3) is 15.9 Å². The van der Waals surface area contributed by atoms with Crippen LogP contribution in [-0.2, 0) is 4.79 Å². The van der Waals surface area contributed by atoms with Crippen LogP contribution < -0.4 is 10.1 Å². The van der Waals surface area contributed by atoms with Crippen molar-refractivity contribution in [3.05, 3.63) is 48.5 Å². The molecule has 1 amide bonds. The average Bonchev–Trinajstić information content (AvgIpc) is 3.33. The van der Waals surface area contributed by atoms with E-state index in [1.807, 2.05) is 24.3 Å². The molecule has 2 heterocycles. The number of carbonyl (C=O) groups excluding carboxylic acids is 1. The summed E-state index contributed by atoms with van der Waals surface area (Å²) in [4.78, 5) is 16.9. The SMILES string of the molecule is CC(Sc1nnnn1-c1ccc(OC(F)(F)F)cc1)C(=O)Nc1nc2ccccc2s1. The largest absolute Gasteiger partial charge is 0.573 e. The number of rotatable bonds is 6. The lowest BCUT2D eigenvalue weighted by molar-refractivity contribution is -0.274. The fourth-order valence-corrected chi connectivity index (χ4v) is 4.22. The number of thioether (sulfide) groups is 1. The number of halogens is 3. The highest BCUT2D eigenvalue weighted by molar-refractivity contribution is 8.00. The summed E-state index contributed by atoms with van der Waals surface area (Å²) >= 11 is 2.47. The van der Waals surface area contributed by atoms with Crippen molar-refractivity contribution in [2.45, 2.75) is 23.7 Å². The first-order chi connectivity index (χ1) is 14.8. The molecule has 8 nitrogen and oxygen atoms in total. The van der Waals surface area contributed by atoms with E-state index in [0.29, 0.717) is 16.0 Å². The molecule has 160 valence electrons. The fourth-order valence-electron chi connectivity index (χ4n) is 2.55. The van der Waals surface area contributed by atoms with Crippen LogP contribution in [0.3, 0.4) is 0 Å². The molecule has 1 atom stereocenters. The molecule has 0 aliphatic heterocycles. The molecule has 4 aromatic rings. The van der Waals surface area contributed by atoms with E-state index in [9.17, 15) is 18.0 Å². The Labute approximate surface area is 181 Å². The number of hydrogen-bond donors (Lipinski definition) is 1. The summed E-state index contributed by atoms with van der Waals surface area (Å²) in [5, 5.41) is 14.3. The number of aromatic nitrogens is 5. The highest BCUT2D eigenvalue weighted by Crippen LogP contribution is 2.29. The van der Waals surface area contributed by atoms with Crippen molar-refractivity contribution in [1.29, 1.82) is 0 Å². The molecule has 0 aliphatic rings. The van der Waals surface area contributed by atoms with E-state index in [0.717, 1.165) is 34.1 Å². The number of anilines is 1. The van der Waals surface area contributed by atoms with Crippen LogP contribution >= 0.6 is 23.1 Å². The van der Waals surface area contributed by atoms with Gasteiger partial charge in [-0.1, -0.05) is 35.2 Å². The van der Waals surface area contributed by atoms with E-state index >= 15 is 0 Å². The number of nitrogens with one attached hydrogen (secondary N) is 1. The molecule has 13 heteroatoms. The van der Waals surface area contributed by atoms with E-state index in [1.54, 1.807) is 6.92 Å². The molecule has 0 saturated heterocycles. The quantitative estimate of drug-likeness (QED) is 0.424. The van der Waals surface area contributed by atoms with Gasteiger partial charge in [-0.2, -0.15) is 4.68 Å². The number of fused-ring (bicyclic) bond motifs is 1. The third-order valence-corrected chi connectivity index (χ3v) is 5.92. The average molecular weight is 466 g/mol. The van der Waals surface area contributed by atoms with Gasteiger partial charge in [0.15, 0.2) is 5.13 Å². The van der Waals surface area contributed by atoms with Gasteiger partial charge in [0.25, 0.3) is 0 Å². The zero-order valence-electron chi connectivity index (χ0n) is 15.7. The lowest BCUT2D eigenvalue weighted by Crippen LogP contribution is -2.22. The molecule has 0 radical (unpaired) electrons. The Balaban J connectivity index is 1.44. The fraction of sp³-hybridized carbons (Fsp3) is 0.167. The summed E-state index contributed by atoms with van der Waals surface area (Å²) in [5.41, 5.74) is 1.21. The van der Waals surface area contributed by atoms with Gasteiger partial charge in [-0.05, 0) is 53.7 Å². The van der Waals surface area contributed by atoms with Crippen molar-refractivity contribution in [2.24, 2.45) is 0 Å². The molecule has 0 fully saturated rings. The van der Waals surface area contributed by atoms with Gasteiger partial charge in [0.1, 0.15) is 5.75 Å². The lowest BCUT2D eigenvalue weighted by atomic mass is 10.3. The number of benzene rings is 2. The Morgan fingerprint density at radius 1 is 1.19 bits per heavy atom. The number of para-hydroxylation sites is 1. The van der Waals surface area contributed by atoms with Crippen molar-refractivity contribution in [1.82, 2.24) is 25.2 Å². The molecule has 0 spiro atoms. The molecule has 31 heavy (non-hydrogen) atoms. The van der Waals surface area contributed by atoms with Crippen molar-refractivity contribution in [2.75, 3.05) is 5.32 Å². The molecule has 1 N–H and O–H groups in total. The minimum atomic E-state index is -4.77. The molecule has 2 aromatic carbocycles. The van der Waals surface area contributed by atoms with Gasteiger partial charge in [0.2, 0.25) is 11.1 Å². The molecule has 0 bridgehead atoms. The molecule has 2 aromatic heterocycles. The zero-order chi connectivity index (χ0) is 22.0. The standard InChI is InChI=1S/C18H13F3N6O2S2/c1-10(15(28)23-16-22-13-4-2-3-5-14(13)31-16)30-17-24-25-26-27(17)11-6-8-12(9-7-11)29-18(19,20)21/h2-10H,1H3,(H,22,23,28). The molecule has 4 rings (SSSR count). The Morgan fingerprint density at radius 3 is 2.65 bits per heavy atom. The lowest BCUT2D eigenvalue weighted by Gasteiger charge is -2.11. The topological polar surface area (TPSA) is 94.8 Å². The van der Waals surface area contributed by atoms with Gasteiger partial charge in [0.05, 0.1) is 21.2 Å². The number of tetrazole rings is 1. The van der Waals surface area contributed by atoms with Crippen LogP contribution in [0.4, 0.5) is 18.3 Å². The Hall–Kier alpha value is -3.19. The van der Waals surface area contributed by atoms with Crippen LogP contribution in [0.15, 0.2) is 53.7 Å². The normalized spacial score (nSPS) is 12.6. The van der Waals surface area contributed by atoms with E-state index < -0.39 is 11.6 Å². The minimum absolute atomic E-state index is 0.285. The Kier molecular flexibility index (Phi) is 5.78. The maximum atomic E-state index is 12.6. The third kappa shape index (κ3) is 5.11. The van der Waals surface area contributed by atoms with Crippen molar-refractivity contribution in [3.8, 4) is 11.4 Å². The second-order valence-electron chi connectivity index (χ2n) is 6.15. The molecule has 0 aliphatic carbocycles. The Morgan fingerprint density at radius 2 is 1.94 bits per heavy atom. The highest BCUT2D eigenvalue weighted by atomic mass is 32.2. The number of hydrogen-bond acceptors (Lipinski definition) is 8. The summed E-state index contributed by atoms with van der Waals surface area (Å²) in [7, 11) is 0. The summed E-state index contributed by atoms with van der Waals surface area (Å²) in [6.45, 7) is 1.69. The third-order valence-electron chi connectivity index (χ3n) is 3.93. The molecule has 1 unspecified atom stereocenters. The van der Waals surface area contributed by atoms with Gasteiger partial charge < -0.3 is 10.1 Å². The minimum Gasteiger partial charge on any atom is -0.406 e. The molecular formula is C18H13F3N6O2S2. The zero-order valence-corrected chi connectivity index (χ0v) is 17.3. The van der Waals surface area contributed by atoms with Crippen LogP contribution in [0.2, 0.25) is 0 Å². The second kappa shape index (κ2) is 8.51. The van der Waals surface area contributed by atoms with Crippen LogP contribution in [0.5, 0.6) is 5.75 Å². The smallest absolute Gasteiger partial charge is 0.406 e. The van der Waals surface area contributed by atoms with Gasteiger partial charge >= 0.3 is 6.36 Å². The number of alkyl halides is 3. The molecular weight excluding hydrogens is 453 g/mol. The van der Waals surface area contributed by atoms with Crippen molar-refractivity contribution in [3.63, 3.8) is 0 Å². The monoisotopic (exact) mass is 466 g/mol. The first-order valence-corrected chi connectivity index (χ1v) is 10.5. The number of nitrogens with zero attached hydrogens (tertiary/aromatic N) is 5.